The average Bonchev–Trinajstić information content (AvgIpc) is 2.97. The third kappa shape index (κ3) is 2.80. The molecule has 0 aliphatic heterocycles. The maximum atomic E-state index is 12.7. The molecule has 0 aromatic carbocycles. The van der Waals surface area contributed by atoms with Crippen molar-refractivity contribution < 1.29 is 14.6 Å². The Labute approximate surface area is 146 Å². The Morgan fingerprint density at radius 3 is 2.71 bits per heavy atom. The van der Waals surface area contributed by atoms with Gasteiger partial charge in [0.05, 0.1) is 12.7 Å². The number of aliphatic hydroxyl groups excluding tert-OH is 1. The second-order valence-electron chi connectivity index (χ2n) is 8.68. The minimum atomic E-state index is -0.367. The van der Waals surface area contributed by atoms with Crippen LogP contribution >= 0.6 is 0 Å². The Morgan fingerprint density at radius 1 is 1.38 bits per heavy atom. The fourth-order valence-electron chi connectivity index (χ4n) is 5.38. The molecular weight excluding hydrogens is 300 g/mol. The summed E-state index contributed by atoms with van der Waals surface area (Å²) in [5.74, 6) is 1.60. The summed E-state index contributed by atoms with van der Waals surface area (Å²) in [5.41, 5.74) is 3.37. The van der Waals surface area contributed by atoms with Crippen molar-refractivity contribution >= 4 is 5.78 Å². The predicted molar refractivity (Wildman–Crippen MR) is 95.6 cm³/mol. The van der Waals surface area contributed by atoms with Crippen LogP contribution in [0.25, 0.3) is 0 Å². The van der Waals surface area contributed by atoms with Gasteiger partial charge in [-0.1, -0.05) is 44.9 Å². The van der Waals surface area contributed by atoms with E-state index in [0.29, 0.717) is 24.7 Å². The van der Waals surface area contributed by atoms with Crippen molar-refractivity contribution in [1.82, 2.24) is 0 Å². The van der Waals surface area contributed by atoms with Crippen LogP contribution in [0.4, 0.5) is 0 Å². The fourth-order valence-corrected chi connectivity index (χ4v) is 5.38. The molecule has 0 aromatic rings. The van der Waals surface area contributed by atoms with Gasteiger partial charge in [-0.2, -0.15) is 0 Å². The van der Waals surface area contributed by atoms with E-state index in [1.165, 1.54) is 11.1 Å². The summed E-state index contributed by atoms with van der Waals surface area (Å²) in [4.78, 5) is 12.7. The Kier molecular flexibility index (Phi) is 4.78. The van der Waals surface area contributed by atoms with Gasteiger partial charge in [0, 0.05) is 24.9 Å². The lowest BCUT2D eigenvalue weighted by Gasteiger charge is -2.36. The van der Waals surface area contributed by atoms with E-state index in [0.717, 1.165) is 25.0 Å². The molecule has 3 nitrogen and oxygen atoms in total. The highest BCUT2D eigenvalue weighted by atomic mass is 16.5. The number of fused-ring (bicyclic) bond motifs is 2. The molecule has 0 heterocycles. The topological polar surface area (TPSA) is 46.5 Å². The number of aliphatic hydroxyl groups is 1. The maximum Gasteiger partial charge on any atom is 0.160 e. The Bertz CT molecular complexity index is 586. The van der Waals surface area contributed by atoms with Gasteiger partial charge in [0.15, 0.2) is 5.78 Å². The van der Waals surface area contributed by atoms with Gasteiger partial charge in [-0.05, 0) is 42.6 Å². The zero-order valence-electron chi connectivity index (χ0n) is 15.8. The molecule has 1 fully saturated rings. The van der Waals surface area contributed by atoms with Crippen LogP contribution in [0.2, 0.25) is 0 Å². The van der Waals surface area contributed by atoms with Crippen LogP contribution in [0.3, 0.4) is 0 Å². The molecular formula is C21H32O3. The van der Waals surface area contributed by atoms with E-state index in [9.17, 15) is 9.90 Å². The van der Waals surface area contributed by atoms with Gasteiger partial charge in [-0.15, -0.1) is 0 Å². The molecule has 0 aromatic heterocycles. The van der Waals surface area contributed by atoms with E-state index in [4.69, 9.17) is 4.74 Å². The zero-order chi connectivity index (χ0) is 17.6. The monoisotopic (exact) mass is 332 g/mol. The lowest BCUT2D eigenvalue weighted by atomic mass is 9.70. The van der Waals surface area contributed by atoms with Crippen LogP contribution in [-0.4, -0.2) is 30.7 Å². The number of ether oxygens (including phenoxy) is 1. The minimum Gasteiger partial charge on any atom is -0.392 e. The van der Waals surface area contributed by atoms with Gasteiger partial charge in [-0.3, -0.25) is 4.79 Å². The average molecular weight is 332 g/mol. The standard InChI is InChI=1S/C21H32O3/c1-12(2)20-17-8-18(22)13(3)15-7-6-14(11-24-5)16(15)9-21(17,4)10-19(20)23/h9,12-15,18,22H,6-8,10-11H2,1-5H3/b16-9-. The number of carbonyl (C=O) groups is 1. The Balaban J connectivity index is 2.12. The first-order chi connectivity index (χ1) is 11.3. The number of carbonyl (C=O) groups excluding carboxylic acids is 1. The zero-order valence-corrected chi connectivity index (χ0v) is 15.8. The van der Waals surface area contributed by atoms with Gasteiger partial charge in [-0.25, -0.2) is 0 Å². The predicted octanol–water partition coefficient (Wildman–Crippen LogP) is 3.92. The smallest absolute Gasteiger partial charge is 0.160 e. The molecule has 1 saturated carbocycles. The van der Waals surface area contributed by atoms with Gasteiger partial charge >= 0.3 is 0 Å². The molecule has 0 spiro atoms. The van der Waals surface area contributed by atoms with Gasteiger partial charge < -0.3 is 9.84 Å². The second-order valence-corrected chi connectivity index (χ2v) is 8.68. The normalized spacial score (nSPS) is 41.8. The van der Waals surface area contributed by atoms with Gasteiger partial charge in [0.1, 0.15) is 0 Å². The summed E-state index contributed by atoms with van der Waals surface area (Å²) in [5, 5.41) is 10.9. The molecule has 24 heavy (non-hydrogen) atoms. The summed E-state index contributed by atoms with van der Waals surface area (Å²) in [6.07, 6.45) is 5.49. The van der Waals surface area contributed by atoms with Crippen LogP contribution in [0.15, 0.2) is 22.8 Å². The quantitative estimate of drug-likeness (QED) is 0.797. The maximum absolute atomic E-state index is 12.7. The van der Waals surface area contributed by atoms with E-state index >= 15 is 0 Å². The SMILES string of the molecule is COCC1CCC2/C1=C\C1(C)CC(=O)C(C(C)C)=C1CC(O)C2C. The third-order valence-electron chi connectivity index (χ3n) is 6.65. The van der Waals surface area contributed by atoms with Crippen molar-refractivity contribution in [2.75, 3.05) is 13.7 Å². The van der Waals surface area contributed by atoms with Crippen molar-refractivity contribution in [2.24, 2.45) is 29.1 Å². The largest absolute Gasteiger partial charge is 0.392 e. The lowest BCUT2D eigenvalue weighted by Crippen LogP contribution is -2.32. The fraction of sp³-hybridized carbons (Fsp3) is 0.762. The summed E-state index contributed by atoms with van der Waals surface area (Å²) < 4.78 is 5.45. The molecule has 3 heteroatoms. The van der Waals surface area contributed by atoms with Crippen molar-refractivity contribution in [1.29, 1.82) is 0 Å². The van der Waals surface area contributed by atoms with Gasteiger partial charge in [0.25, 0.3) is 0 Å². The summed E-state index contributed by atoms with van der Waals surface area (Å²) in [7, 11) is 1.76. The molecule has 0 amide bonds. The molecule has 0 saturated heterocycles. The number of Topliss-reactive ketones (excluding diaryl/α,β-unsaturated/α-hetero) is 1. The number of ketones is 1. The molecule has 3 aliphatic rings. The molecule has 1 N–H and O–H groups in total. The summed E-state index contributed by atoms with van der Waals surface area (Å²) in [6, 6.07) is 0. The van der Waals surface area contributed by atoms with E-state index < -0.39 is 0 Å². The number of rotatable bonds is 3. The summed E-state index contributed by atoms with van der Waals surface area (Å²) >= 11 is 0. The number of methoxy groups -OCH3 is 1. The second kappa shape index (κ2) is 6.42. The van der Waals surface area contributed by atoms with Crippen LogP contribution in [0, 0.1) is 29.1 Å². The first-order valence-corrected chi connectivity index (χ1v) is 9.44. The molecule has 3 aliphatic carbocycles. The number of hydrogen-bond donors (Lipinski definition) is 1. The third-order valence-corrected chi connectivity index (χ3v) is 6.65. The first kappa shape index (κ1) is 17.9. The van der Waals surface area contributed by atoms with Crippen molar-refractivity contribution in [3.63, 3.8) is 0 Å². The van der Waals surface area contributed by atoms with Gasteiger partial charge in [0.2, 0.25) is 0 Å². The van der Waals surface area contributed by atoms with Crippen LogP contribution < -0.4 is 0 Å². The van der Waals surface area contributed by atoms with E-state index in [1.807, 2.05) is 0 Å². The minimum absolute atomic E-state index is 0.221. The van der Waals surface area contributed by atoms with E-state index in [1.54, 1.807) is 7.11 Å². The molecule has 5 atom stereocenters. The van der Waals surface area contributed by atoms with Crippen LogP contribution in [0.5, 0.6) is 0 Å². The van der Waals surface area contributed by atoms with E-state index in [2.05, 4.69) is 33.8 Å². The van der Waals surface area contributed by atoms with Crippen molar-refractivity contribution in [3.05, 3.63) is 22.8 Å². The molecule has 3 rings (SSSR count). The highest BCUT2D eigenvalue weighted by Gasteiger charge is 2.47. The highest BCUT2D eigenvalue weighted by Crippen LogP contribution is 2.53. The molecule has 5 unspecified atom stereocenters. The van der Waals surface area contributed by atoms with Crippen LogP contribution in [0.1, 0.15) is 53.4 Å². The molecule has 134 valence electrons. The summed E-state index contributed by atoms with van der Waals surface area (Å²) in [6.45, 7) is 9.31. The Hall–Kier alpha value is -0.930. The highest BCUT2D eigenvalue weighted by molar-refractivity contribution is 6.00. The van der Waals surface area contributed by atoms with E-state index in [-0.39, 0.29) is 29.1 Å². The Morgan fingerprint density at radius 2 is 2.08 bits per heavy atom. The molecule has 0 radical (unpaired) electrons. The number of allylic oxidation sites excluding steroid dienone is 2. The first-order valence-electron chi connectivity index (χ1n) is 9.44. The van der Waals surface area contributed by atoms with Crippen molar-refractivity contribution in [2.45, 2.75) is 59.5 Å². The van der Waals surface area contributed by atoms with Crippen LogP contribution in [-0.2, 0) is 9.53 Å². The lowest BCUT2D eigenvalue weighted by molar-refractivity contribution is -0.116. The van der Waals surface area contributed by atoms with Crippen molar-refractivity contribution in [3.8, 4) is 0 Å². The molecule has 0 bridgehead atoms. The number of hydrogen-bond acceptors (Lipinski definition) is 3.